The Labute approximate surface area is 139 Å². The standard InChI is InChI=1S/C20H13NOS/c21-16-11-5-9-14-18(16)20(23)15-10-4-8-13(17(15)19(14)22)12-6-2-1-3-7-12/h1-11H,21H2. The zero-order valence-electron chi connectivity index (χ0n) is 12.2. The summed E-state index contributed by atoms with van der Waals surface area (Å²) in [6.45, 7) is 0. The molecule has 0 amide bonds. The highest BCUT2D eigenvalue weighted by Gasteiger charge is 2.30. The molecule has 23 heavy (non-hydrogen) atoms. The third-order valence-electron chi connectivity index (χ3n) is 4.19. The maximum Gasteiger partial charge on any atom is 0.195 e. The molecule has 2 N–H and O–H groups in total. The van der Waals surface area contributed by atoms with E-state index in [0.717, 1.165) is 16.7 Å². The first-order chi connectivity index (χ1) is 11.2. The first-order valence-corrected chi connectivity index (χ1v) is 7.75. The topological polar surface area (TPSA) is 43.1 Å². The van der Waals surface area contributed by atoms with Crippen LogP contribution in [0.1, 0.15) is 27.0 Å². The molecule has 1 aliphatic rings. The number of nitrogens with two attached hydrogens (primary N) is 1. The molecule has 0 saturated heterocycles. The van der Waals surface area contributed by atoms with Crippen molar-refractivity contribution in [3.63, 3.8) is 0 Å². The Kier molecular flexibility index (Phi) is 3.10. The summed E-state index contributed by atoms with van der Waals surface area (Å²) < 4.78 is 0. The summed E-state index contributed by atoms with van der Waals surface area (Å²) in [6, 6.07) is 21.1. The molecule has 3 heteroatoms. The average molecular weight is 315 g/mol. The second kappa shape index (κ2) is 5.14. The van der Waals surface area contributed by atoms with E-state index >= 15 is 0 Å². The van der Waals surface area contributed by atoms with Gasteiger partial charge in [-0.05, 0) is 17.2 Å². The van der Waals surface area contributed by atoms with E-state index in [4.69, 9.17) is 18.0 Å². The minimum atomic E-state index is -0.0182. The van der Waals surface area contributed by atoms with Crippen LogP contribution in [0, 0.1) is 0 Å². The van der Waals surface area contributed by atoms with Gasteiger partial charge in [-0.25, -0.2) is 0 Å². The number of nitrogen functional groups attached to an aromatic ring is 1. The van der Waals surface area contributed by atoms with Gasteiger partial charge < -0.3 is 5.73 Å². The van der Waals surface area contributed by atoms with Gasteiger partial charge in [0.05, 0.1) is 4.86 Å². The fourth-order valence-corrected chi connectivity index (χ4v) is 3.52. The lowest BCUT2D eigenvalue weighted by Gasteiger charge is -2.23. The lowest BCUT2D eigenvalue weighted by Crippen LogP contribution is -2.22. The van der Waals surface area contributed by atoms with Crippen LogP contribution in [0.3, 0.4) is 0 Å². The predicted molar refractivity (Wildman–Crippen MR) is 97.0 cm³/mol. The van der Waals surface area contributed by atoms with E-state index in [2.05, 4.69) is 0 Å². The van der Waals surface area contributed by atoms with Crippen LogP contribution in [-0.2, 0) is 0 Å². The summed E-state index contributed by atoms with van der Waals surface area (Å²) in [5, 5.41) is 0. The number of hydrogen-bond donors (Lipinski definition) is 1. The molecule has 4 rings (SSSR count). The van der Waals surface area contributed by atoms with Gasteiger partial charge in [-0.2, -0.15) is 0 Å². The van der Waals surface area contributed by atoms with E-state index in [1.807, 2.05) is 48.5 Å². The van der Waals surface area contributed by atoms with Gasteiger partial charge in [-0.15, -0.1) is 0 Å². The number of anilines is 1. The molecule has 0 heterocycles. The molecule has 0 saturated carbocycles. The van der Waals surface area contributed by atoms with Crippen LogP contribution in [0.25, 0.3) is 11.1 Å². The summed E-state index contributed by atoms with van der Waals surface area (Å²) in [7, 11) is 0. The lowest BCUT2D eigenvalue weighted by molar-refractivity contribution is 0.103. The molecule has 0 fully saturated rings. The molecule has 2 nitrogen and oxygen atoms in total. The van der Waals surface area contributed by atoms with Gasteiger partial charge in [0.2, 0.25) is 0 Å². The predicted octanol–water partition coefficient (Wildman–Crippen LogP) is 4.25. The lowest BCUT2D eigenvalue weighted by atomic mass is 9.80. The molecule has 110 valence electrons. The Morgan fingerprint density at radius 2 is 1.35 bits per heavy atom. The second-order valence-corrected chi connectivity index (χ2v) is 5.93. The molecule has 0 radical (unpaired) electrons. The molecule has 0 aliphatic heterocycles. The first kappa shape index (κ1) is 13.9. The number of hydrogen-bond acceptors (Lipinski definition) is 3. The molecule has 0 atom stereocenters. The zero-order chi connectivity index (χ0) is 16.0. The van der Waals surface area contributed by atoms with Crippen molar-refractivity contribution in [2.24, 2.45) is 0 Å². The van der Waals surface area contributed by atoms with E-state index in [1.54, 1.807) is 18.2 Å². The van der Waals surface area contributed by atoms with Gasteiger partial charge in [-0.3, -0.25) is 4.79 Å². The smallest absolute Gasteiger partial charge is 0.195 e. The van der Waals surface area contributed by atoms with Gasteiger partial charge in [0.15, 0.2) is 5.78 Å². The monoisotopic (exact) mass is 315 g/mol. The Hall–Kier alpha value is -2.78. The number of benzene rings is 3. The number of fused-ring (bicyclic) bond motifs is 2. The molecular formula is C20H13NOS. The highest BCUT2D eigenvalue weighted by atomic mass is 32.1. The summed E-state index contributed by atoms with van der Waals surface area (Å²) in [5.74, 6) is -0.0182. The molecule has 0 bridgehead atoms. The molecule has 3 aromatic carbocycles. The Bertz CT molecular complexity index is 961. The summed E-state index contributed by atoms with van der Waals surface area (Å²) in [6.07, 6.45) is 0. The van der Waals surface area contributed by atoms with Crippen molar-refractivity contribution in [2.45, 2.75) is 0 Å². The van der Waals surface area contributed by atoms with Crippen LogP contribution >= 0.6 is 12.2 Å². The van der Waals surface area contributed by atoms with Crippen molar-refractivity contribution in [2.75, 3.05) is 5.73 Å². The largest absolute Gasteiger partial charge is 0.398 e. The summed E-state index contributed by atoms with van der Waals surface area (Å²) in [5.41, 5.74) is 11.3. The van der Waals surface area contributed by atoms with Crippen LogP contribution in [0.15, 0.2) is 66.7 Å². The van der Waals surface area contributed by atoms with Crippen LogP contribution in [0.2, 0.25) is 0 Å². The Morgan fingerprint density at radius 3 is 2.13 bits per heavy atom. The molecule has 3 aromatic rings. The Morgan fingerprint density at radius 1 is 0.696 bits per heavy atom. The maximum atomic E-state index is 13.1. The highest BCUT2D eigenvalue weighted by molar-refractivity contribution is 7.81. The number of rotatable bonds is 1. The average Bonchev–Trinajstić information content (AvgIpc) is 2.59. The minimum Gasteiger partial charge on any atom is -0.398 e. The number of carbonyl (C=O) groups excluding carboxylic acids is 1. The summed E-state index contributed by atoms with van der Waals surface area (Å²) >= 11 is 5.63. The van der Waals surface area contributed by atoms with E-state index in [9.17, 15) is 4.79 Å². The quantitative estimate of drug-likeness (QED) is 0.422. The van der Waals surface area contributed by atoms with Crippen molar-refractivity contribution in [3.8, 4) is 11.1 Å². The number of carbonyl (C=O) groups is 1. The highest BCUT2D eigenvalue weighted by Crippen LogP contribution is 2.36. The van der Waals surface area contributed by atoms with Gasteiger partial charge in [0, 0.05) is 27.9 Å². The van der Waals surface area contributed by atoms with Gasteiger partial charge in [0.25, 0.3) is 0 Å². The van der Waals surface area contributed by atoms with Gasteiger partial charge in [-0.1, -0.05) is 72.9 Å². The molecule has 1 aliphatic carbocycles. The van der Waals surface area contributed by atoms with Crippen molar-refractivity contribution in [1.29, 1.82) is 0 Å². The molecule has 0 aromatic heterocycles. The van der Waals surface area contributed by atoms with Crippen molar-refractivity contribution in [1.82, 2.24) is 0 Å². The van der Waals surface area contributed by atoms with Crippen molar-refractivity contribution < 1.29 is 4.79 Å². The first-order valence-electron chi connectivity index (χ1n) is 7.35. The number of ketones is 1. The van der Waals surface area contributed by atoms with E-state index < -0.39 is 0 Å². The maximum absolute atomic E-state index is 13.1. The number of thiocarbonyl (C=S) groups is 1. The van der Waals surface area contributed by atoms with Crippen molar-refractivity contribution in [3.05, 3.63) is 89.0 Å². The van der Waals surface area contributed by atoms with Gasteiger partial charge >= 0.3 is 0 Å². The zero-order valence-corrected chi connectivity index (χ0v) is 13.1. The van der Waals surface area contributed by atoms with E-state index in [1.165, 1.54) is 0 Å². The van der Waals surface area contributed by atoms with Crippen molar-refractivity contribution >= 4 is 28.6 Å². The van der Waals surface area contributed by atoms with E-state index in [0.29, 0.717) is 27.2 Å². The fourth-order valence-electron chi connectivity index (χ4n) is 3.13. The minimum absolute atomic E-state index is 0.0182. The second-order valence-electron chi connectivity index (χ2n) is 5.52. The fraction of sp³-hybridized carbons (Fsp3) is 0. The summed E-state index contributed by atoms with van der Waals surface area (Å²) in [4.78, 5) is 13.7. The van der Waals surface area contributed by atoms with Crippen LogP contribution in [-0.4, -0.2) is 10.6 Å². The SMILES string of the molecule is Nc1cccc2c1C(=S)c1cccc(-c3ccccc3)c1C2=O. The third-order valence-corrected chi connectivity index (χ3v) is 4.61. The third kappa shape index (κ3) is 2.01. The van der Waals surface area contributed by atoms with Crippen LogP contribution in [0.4, 0.5) is 5.69 Å². The van der Waals surface area contributed by atoms with Gasteiger partial charge in [0.1, 0.15) is 0 Å². The normalized spacial score (nSPS) is 12.7. The Balaban J connectivity index is 2.03. The van der Waals surface area contributed by atoms with Crippen LogP contribution in [0.5, 0.6) is 0 Å². The van der Waals surface area contributed by atoms with E-state index in [-0.39, 0.29) is 5.78 Å². The molecule has 0 spiro atoms. The molecule has 0 unspecified atom stereocenters. The molecular weight excluding hydrogens is 302 g/mol. The van der Waals surface area contributed by atoms with Crippen LogP contribution < -0.4 is 5.73 Å².